The summed E-state index contributed by atoms with van der Waals surface area (Å²) in [6, 6.07) is 0. The van der Waals surface area contributed by atoms with Gasteiger partial charge in [0.1, 0.15) is 0 Å². The highest BCUT2D eigenvalue weighted by Crippen LogP contribution is 2.13. The van der Waals surface area contributed by atoms with Crippen LogP contribution in [-0.2, 0) is 22.6 Å². The molecule has 8 heteroatoms. The molecule has 0 spiro atoms. The summed E-state index contributed by atoms with van der Waals surface area (Å²) in [5.74, 6) is 1.11. The van der Waals surface area contributed by atoms with Gasteiger partial charge in [-0.25, -0.2) is 9.13 Å². The topological polar surface area (TPSA) is 58.5 Å². The first-order chi connectivity index (χ1) is 32.6. The van der Waals surface area contributed by atoms with Crippen molar-refractivity contribution in [3.05, 3.63) is 73.9 Å². The van der Waals surface area contributed by atoms with E-state index in [2.05, 4.69) is 106 Å². The van der Waals surface area contributed by atoms with Crippen molar-refractivity contribution in [2.45, 2.75) is 221 Å². The summed E-state index contributed by atoms with van der Waals surface area (Å²) < 4.78 is 16.9. The normalized spacial score (nSPS) is 13.0. The molecule has 0 amide bonds. The molecule has 0 fully saturated rings. The van der Waals surface area contributed by atoms with Crippen LogP contribution in [0.1, 0.15) is 207 Å². The first-order valence-electron chi connectivity index (χ1n) is 28.1. The maximum absolute atomic E-state index is 6.19. The first-order valence-corrected chi connectivity index (χ1v) is 28.1. The molecule has 2 heterocycles. The molecule has 2 rings (SSSR count). The Morgan fingerprint density at radius 1 is 0.394 bits per heavy atom. The quantitative estimate of drug-likeness (QED) is 0.0374. The van der Waals surface area contributed by atoms with E-state index in [1.54, 1.807) is 0 Å². The molecule has 2 aromatic rings. The van der Waals surface area contributed by atoms with Crippen LogP contribution in [0, 0.1) is 11.8 Å². The Labute approximate surface area is 408 Å². The summed E-state index contributed by atoms with van der Waals surface area (Å²) >= 11 is 0. The highest BCUT2D eigenvalue weighted by molar-refractivity contribution is 4.82. The molecule has 0 aliphatic heterocycles. The molecular formula is C58H106N6O2+2. The van der Waals surface area contributed by atoms with E-state index >= 15 is 0 Å². The van der Waals surface area contributed by atoms with E-state index in [9.17, 15) is 0 Å². The van der Waals surface area contributed by atoms with Crippen LogP contribution in [0.25, 0.3) is 0 Å². The lowest BCUT2D eigenvalue weighted by atomic mass is 10.1. The molecule has 0 N–H and O–H groups in total. The molecule has 2 atom stereocenters. The molecule has 0 saturated heterocycles. The minimum atomic E-state index is 0.556. The van der Waals surface area contributed by atoms with E-state index in [0.717, 1.165) is 65.6 Å². The second-order valence-corrected chi connectivity index (χ2v) is 19.8. The predicted octanol–water partition coefficient (Wildman–Crippen LogP) is 13.7. The third-order valence-electron chi connectivity index (χ3n) is 13.0. The van der Waals surface area contributed by atoms with Gasteiger partial charge in [0.25, 0.3) is 0 Å². The molecule has 378 valence electrons. The predicted molar refractivity (Wildman–Crippen MR) is 281 cm³/mol. The van der Waals surface area contributed by atoms with Gasteiger partial charge in [0, 0.05) is 38.0 Å². The van der Waals surface area contributed by atoms with Crippen molar-refractivity contribution in [1.82, 2.24) is 19.8 Å². The van der Waals surface area contributed by atoms with Gasteiger partial charge in [-0.2, -0.15) is 0 Å². The van der Waals surface area contributed by atoms with E-state index < -0.39 is 0 Å². The maximum Gasteiger partial charge on any atom is 0.187 e. The third kappa shape index (κ3) is 38.4. The van der Waals surface area contributed by atoms with E-state index in [1.807, 2.05) is 24.8 Å². The summed E-state index contributed by atoms with van der Waals surface area (Å²) in [7, 11) is 0. The average molecular weight is 920 g/mol. The average Bonchev–Trinajstić information content (AvgIpc) is 3.32. The molecule has 0 bridgehead atoms. The zero-order valence-electron chi connectivity index (χ0n) is 43.9. The van der Waals surface area contributed by atoms with Crippen LogP contribution < -0.4 is 9.13 Å². The highest BCUT2D eigenvalue weighted by atomic mass is 16.5. The maximum atomic E-state index is 6.19. The number of ether oxygens (including phenoxy) is 2. The van der Waals surface area contributed by atoms with E-state index in [0.29, 0.717) is 25.0 Å². The molecule has 0 aliphatic carbocycles. The molecule has 2 aromatic heterocycles. The fourth-order valence-corrected chi connectivity index (χ4v) is 9.12. The van der Waals surface area contributed by atoms with Gasteiger partial charge in [-0.1, -0.05) is 168 Å². The summed E-state index contributed by atoms with van der Waals surface area (Å²) in [4.78, 5) is 13.7. The Morgan fingerprint density at radius 2 is 0.697 bits per heavy atom. The van der Waals surface area contributed by atoms with Crippen molar-refractivity contribution in [3.63, 3.8) is 0 Å². The second-order valence-electron chi connectivity index (χ2n) is 19.8. The van der Waals surface area contributed by atoms with E-state index in [-0.39, 0.29) is 0 Å². The summed E-state index contributed by atoms with van der Waals surface area (Å²) in [6.07, 6.45) is 63.3. The van der Waals surface area contributed by atoms with E-state index in [4.69, 9.17) is 9.47 Å². The number of allylic oxidation sites excluding steroid dienone is 4. The van der Waals surface area contributed by atoms with Gasteiger partial charge in [0.15, 0.2) is 37.9 Å². The monoisotopic (exact) mass is 919 g/mol. The van der Waals surface area contributed by atoms with Crippen molar-refractivity contribution >= 4 is 0 Å². The number of hydrogen-bond acceptors (Lipinski definition) is 6. The number of hydrogen-bond donors (Lipinski definition) is 0. The Kier molecular flexibility index (Phi) is 41.7. The van der Waals surface area contributed by atoms with Gasteiger partial charge in [0.2, 0.25) is 0 Å². The molecule has 66 heavy (non-hydrogen) atoms. The molecule has 8 nitrogen and oxygen atoms in total. The lowest BCUT2D eigenvalue weighted by Crippen LogP contribution is -2.41. The third-order valence-corrected chi connectivity index (χ3v) is 13.0. The number of nitrogens with zero attached hydrogens (tertiary/aromatic N) is 6. The van der Waals surface area contributed by atoms with Crippen molar-refractivity contribution in [2.75, 3.05) is 65.7 Å². The van der Waals surface area contributed by atoms with Crippen molar-refractivity contribution in [2.24, 2.45) is 11.8 Å². The van der Waals surface area contributed by atoms with Crippen LogP contribution in [-0.4, -0.2) is 85.5 Å². The number of rotatable bonds is 49. The molecule has 0 aromatic carbocycles. The minimum absolute atomic E-state index is 0.556. The van der Waals surface area contributed by atoms with Gasteiger partial charge in [-0.3, -0.25) is 9.97 Å². The Hall–Kier alpha value is -2.52. The molecule has 0 aliphatic rings. The Morgan fingerprint density at radius 3 is 1.03 bits per heavy atom. The zero-order valence-corrected chi connectivity index (χ0v) is 43.9. The molecule has 0 saturated carbocycles. The highest BCUT2D eigenvalue weighted by Gasteiger charge is 2.16. The fourth-order valence-electron chi connectivity index (χ4n) is 9.12. The molecular weight excluding hydrogens is 813 g/mol. The van der Waals surface area contributed by atoms with Crippen LogP contribution in [0.5, 0.6) is 0 Å². The van der Waals surface area contributed by atoms with Crippen LogP contribution in [0.3, 0.4) is 0 Å². The van der Waals surface area contributed by atoms with Crippen LogP contribution in [0.4, 0.5) is 0 Å². The van der Waals surface area contributed by atoms with Crippen molar-refractivity contribution in [1.29, 1.82) is 0 Å². The minimum Gasteiger partial charge on any atom is -0.378 e. The SMILES string of the molecule is CCCCCCCC/C=C/CCCCCCCCN(CCOCCOCCN(CCCCCCCC/C=C/CCCCCCCC)CC(C)C[n+]1ccncc1)CC(C)C[n+]1ccncc1. The Bertz CT molecular complexity index is 1230. The lowest BCUT2D eigenvalue weighted by molar-refractivity contribution is -0.703. The summed E-state index contributed by atoms with van der Waals surface area (Å²) in [5, 5.41) is 0. The van der Waals surface area contributed by atoms with Gasteiger partial charge in [0.05, 0.1) is 51.2 Å². The largest absolute Gasteiger partial charge is 0.378 e. The fraction of sp³-hybridized carbons (Fsp3) is 0.793. The number of aromatic nitrogens is 4. The van der Waals surface area contributed by atoms with Gasteiger partial charge in [-0.15, -0.1) is 0 Å². The summed E-state index contributed by atoms with van der Waals surface area (Å²) in [5.41, 5.74) is 0. The van der Waals surface area contributed by atoms with E-state index in [1.165, 1.54) is 180 Å². The van der Waals surface area contributed by atoms with Crippen LogP contribution in [0.15, 0.2) is 73.9 Å². The Balaban J connectivity index is 1.64. The summed E-state index contributed by atoms with van der Waals surface area (Å²) in [6.45, 7) is 20.6. The van der Waals surface area contributed by atoms with Gasteiger partial charge in [-0.05, 0) is 77.3 Å². The smallest absolute Gasteiger partial charge is 0.187 e. The van der Waals surface area contributed by atoms with Gasteiger partial charge >= 0.3 is 0 Å². The van der Waals surface area contributed by atoms with Crippen molar-refractivity contribution < 1.29 is 18.6 Å². The standard InChI is InChI=1S/C58H106N6O2/c1-5-7-9-11-13-15-17-19-21-23-25-27-29-31-33-35-41-61(53-57(3)55-63-43-37-59-38-44-63)47-49-65-51-52-66-50-48-62(54-58(4)56-64-45-39-60-40-46-64)42-36-34-32-30-28-26-24-22-20-18-16-14-12-10-8-6-2/h19-22,37-40,43-46,57-58H,5-18,23-36,41-42,47-56H2,1-4H3/q+2/b21-19+,22-20+. The number of unbranched alkanes of at least 4 members (excludes halogenated alkanes) is 24. The first kappa shape index (κ1) is 59.6. The zero-order chi connectivity index (χ0) is 47.1. The van der Waals surface area contributed by atoms with Gasteiger partial charge < -0.3 is 19.3 Å². The van der Waals surface area contributed by atoms with Crippen LogP contribution in [0.2, 0.25) is 0 Å². The van der Waals surface area contributed by atoms with Crippen molar-refractivity contribution in [3.8, 4) is 0 Å². The lowest BCUT2D eigenvalue weighted by Gasteiger charge is -2.25. The molecule has 0 radical (unpaired) electrons. The molecule has 2 unspecified atom stereocenters. The second kappa shape index (κ2) is 46.2. The van der Waals surface area contributed by atoms with Crippen LogP contribution >= 0.6 is 0 Å².